The Balaban J connectivity index is 2.47. The van der Waals surface area contributed by atoms with Gasteiger partial charge in [-0.25, -0.2) is 9.97 Å². The van der Waals surface area contributed by atoms with Crippen molar-refractivity contribution in [3.05, 3.63) is 17.0 Å². The monoisotopic (exact) mass is 191 g/mol. The average molecular weight is 191 g/mol. The van der Waals surface area contributed by atoms with Crippen molar-refractivity contribution in [2.45, 2.75) is 40.0 Å². The quantitative estimate of drug-likeness (QED) is 0.681. The van der Waals surface area contributed by atoms with Crippen molar-refractivity contribution in [3.63, 3.8) is 0 Å². The molecule has 0 spiro atoms. The molecule has 0 saturated carbocycles. The number of aryl methyl sites for hydroxylation is 2. The molecule has 76 valence electrons. The normalized spacial score (nSPS) is 19.1. The van der Waals surface area contributed by atoms with Crippen LogP contribution in [0.4, 0.5) is 5.95 Å². The molecular weight excluding hydrogens is 174 g/mol. The number of nitrogens with zero attached hydrogens (tertiary/aromatic N) is 2. The van der Waals surface area contributed by atoms with Crippen LogP contribution in [0, 0.1) is 12.3 Å². The second-order valence-corrected chi connectivity index (χ2v) is 4.93. The number of nitrogen functional groups attached to an aromatic ring is 1. The first-order valence-electron chi connectivity index (χ1n) is 5.10. The number of fused-ring (bicyclic) bond motifs is 1. The number of nitrogens with two attached hydrogens (primary N) is 1. The van der Waals surface area contributed by atoms with E-state index in [1.807, 2.05) is 6.92 Å². The minimum absolute atomic E-state index is 0.386. The predicted octanol–water partition coefficient (Wildman–Crippen LogP) is 1.88. The zero-order valence-electron chi connectivity index (χ0n) is 9.09. The maximum Gasteiger partial charge on any atom is 0.220 e. The molecule has 0 bridgehead atoms. The van der Waals surface area contributed by atoms with E-state index >= 15 is 0 Å². The molecule has 0 saturated heterocycles. The van der Waals surface area contributed by atoms with Gasteiger partial charge in [-0.2, -0.15) is 0 Å². The Bertz CT molecular complexity index is 369. The smallest absolute Gasteiger partial charge is 0.220 e. The van der Waals surface area contributed by atoms with Crippen LogP contribution in [-0.4, -0.2) is 9.97 Å². The highest BCUT2D eigenvalue weighted by atomic mass is 15.0. The summed E-state index contributed by atoms with van der Waals surface area (Å²) < 4.78 is 0. The summed E-state index contributed by atoms with van der Waals surface area (Å²) in [5.74, 6) is 0.418. The van der Waals surface area contributed by atoms with Gasteiger partial charge < -0.3 is 5.73 Å². The molecule has 0 amide bonds. The molecule has 0 fully saturated rings. The zero-order valence-corrected chi connectivity index (χ0v) is 9.09. The molecule has 0 aliphatic heterocycles. The van der Waals surface area contributed by atoms with Gasteiger partial charge in [0.05, 0.1) is 0 Å². The van der Waals surface area contributed by atoms with Crippen LogP contribution in [0.1, 0.15) is 37.2 Å². The van der Waals surface area contributed by atoms with Crippen molar-refractivity contribution in [1.29, 1.82) is 0 Å². The summed E-state index contributed by atoms with van der Waals surface area (Å²) in [5, 5.41) is 0. The predicted molar refractivity (Wildman–Crippen MR) is 57.0 cm³/mol. The minimum atomic E-state index is 0.386. The first-order valence-corrected chi connectivity index (χ1v) is 5.10. The summed E-state index contributed by atoms with van der Waals surface area (Å²) in [7, 11) is 0. The Kier molecular flexibility index (Phi) is 1.98. The Morgan fingerprint density at radius 3 is 2.71 bits per heavy atom. The van der Waals surface area contributed by atoms with Gasteiger partial charge in [-0.1, -0.05) is 13.8 Å². The van der Waals surface area contributed by atoms with Crippen molar-refractivity contribution >= 4 is 5.95 Å². The van der Waals surface area contributed by atoms with Gasteiger partial charge >= 0.3 is 0 Å². The maximum atomic E-state index is 5.63. The van der Waals surface area contributed by atoms with Crippen LogP contribution in [0.2, 0.25) is 0 Å². The number of rotatable bonds is 0. The lowest BCUT2D eigenvalue weighted by atomic mass is 9.75. The Morgan fingerprint density at radius 2 is 2.00 bits per heavy atom. The van der Waals surface area contributed by atoms with E-state index in [0.717, 1.165) is 24.2 Å². The molecule has 0 unspecified atom stereocenters. The van der Waals surface area contributed by atoms with Crippen LogP contribution in [-0.2, 0) is 12.8 Å². The van der Waals surface area contributed by atoms with Crippen LogP contribution in [0.25, 0.3) is 0 Å². The van der Waals surface area contributed by atoms with E-state index in [1.165, 1.54) is 12.0 Å². The van der Waals surface area contributed by atoms with Crippen molar-refractivity contribution in [2.24, 2.45) is 5.41 Å². The topological polar surface area (TPSA) is 51.8 Å². The third-order valence-corrected chi connectivity index (χ3v) is 3.01. The van der Waals surface area contributed by atoms with E-state index in [0.29, 0.717) is 11.4 Å². The standard InChI is InChI=1S/C11H17N3/c1-7-8-6-11(2,3)5-4-9(8)14-10(12)13-7/h4-6H2,1-3H3,(H2,12,13,14). The number of anilines is 1. The summed E-state index contributed by atoms with van der Waals surface area (Å²) in [5.41, 5.74) is 9.55. The molecule has 0 aromatic carbocycles. The van der Waals surface area contributed by atoms with E-state index in [2.05, 4.69) is 23.8 Å². The lowest BCUT2D eigenvalue weighted by Gasteiger charge is -2.31. The van der Waals surface area contributed by atoms with Gasteiger partial charge in [-0.05, 0) is 37.2 Å². The van der Waals surface area contributed by atoms with Crippen LogP contribution in [0.3, 0.4) is 0 Å². The van der Waals surface area contributed by atoms with Crippen molar-refractivity contribution in [2.75, 3.05) is 5.73 Å². The number of aromatic nitrogens is 2. The molecule has 3 heteroatoms. The molecule has 2 N–H and O–H groups in total. The molecule has 14 heavy (non-hydrogen) atoms. The molecule has 1 heterocycles. The molecule has 1 aromatic heterocycles. The Hall–Kier alpha value is -1.12. The second kappa shape index (κ2) is 2.94. The molecule has 2 rings (SSSR count). The van der Waals surface area contributed by atoms with Crippen LogP contribution >= 0.6 is 0 Å². The lowest BCUT2D eigenvalue weighted by Crippen LogP contribution is -2.24. The molecule has 1 aliphatic carbocycles. The van der Waals surface area contributed by atoms with Gasteiger partial charge in [0, 0.05) is 11.4 Å². The van der Waals surface area contributed by atoms with Gasteiger partial charge in [-0.15, -0.1) is 0 Å². The third kappa shape index (κ3) is 1.59. The fourth-order valence-corrected chi connectivity index (χ4v) is 2.14. The summed E-state index contributed by atoms with van der Waals surface area (Å²) in [4.78, 5) is 8.53. The molecule has 0 radical (unpaired) electrons. The van der Waals surface area contributed by atoms with Crippen LogP contribution in [0.5, 0.6) is 0 Å². The zero-order chi connectivity index (χ0) is 10.3. The van der Waals surface area contributed by atoms with E-state index in [-0.39, 0.29) is 0 Å². The highest BCUT2D eigenvalue weighted by molar-refractivity contribution is 5.33. The van der Waals surface area contributed by atoms with E-state index in [1.54, 1.807) is 0 Å². The van der Waals surface area contributed by atoms with E-state index in [4.69, 9.17) is 5.73 Å². The SMILES string of the molecule is Cc1nc(N)nc2c1CC(C)(C)CC2. The van der Waals surface area contributed by atoms with Gasteiger partial charge in [0.1, 0.15) is 0 Å². The van der Waals surface area contributed by atoms with E-state index < -0.39 is 0 Å². The van der Waals surface area contributed by atoms with Gasteiger partial charge in [-0.3, -0.25) is 0 Å². The highest BCUT2D eigenvalue weighted by Gasteiger charge is 2.27. The van der Waals surface area contributed by atoms with E-state index in [9.17, 15) is 0 Å². The first-order chi connectivity index (χ1) is 6.48. The van der Waals surface area contributed by atoms with Crippen molar-refractivity contribution in [1.82, 2.24) is 9.97 Å². The van der Waals surface area contributed by atoms with Gasteiger partial charge in [0.25, 0.3) is 0 Å². The number of hydrogen-bond donors (Lipinski definition) is 1. The fraction of sp³-hybridized carbons (Fsp3) is 0.636. The summed E-state index contributed by atoms with van der Waals surface area (Å²) in [6, 6.07) is 0. The Labute approximate surface area is 84.8 Å². The lowest BCUT2D eigenvalue weighted by molar-refractivity contribution is 0.310. The van der Waals surface area contributed by atoms with Gasteiger partial charge in [0.15, 0.2) is 0 Å². The molecule has 3 nitrogen and oxygen atoms in total. The average Bonchev–Trinajstić information content (AvgIpc) is 2.06. The van der Waals surface area contributed by atoms with Crippen molar-refractivity contribution < 1.29 is 0 Å². The summed E-state index contributed by atoms with van der Waals surface area (Å²) in [6.07, 6.45) is 3.31. The summed E-state index contributed by atoms with van der Waals surface area (Å²) >= 11 is 0. The largest absolute Gasteiger partial charge is 0.368 e. The molecule has 0 atom stereocenters. The van der Waals surface area contributed by atoms with Crippen LogP contribution in [0.15, 0.2) is 0 Å². The third-order valence-electron chi connectivity index (χ3n) is 3.01. The number of hydrogen-bond acceptors (Lipinski definition) is 3. The summed E-state index contributed by atoms with van der Waals surface area (Å²) in [6.45, 7) is 6.62. The fourth-order valence-electron chi connectivity index (χ4n) is 2.14. The van der Waals surface area contributed by atoms with Crippen molar-refractivity contribution in [3.8, 4) is 0 Å². The minimum Gasteiger partial charge on any atom is -0.368 e. The molecule has 1 aliphatic rings. The second-order valence-electron chi connectivity index (χ2n) is 4.93. The molecular formula is C11H17N3. The van der Waals surface area contributed by atoms with Crippen LogP contribution < -0.4 is 5.73 Å². The molecule has 1 aromatic rings. The maximum absolute atomic E-state index is 5.63. The highest BCUT2D eigenvalue weighted by Crippen LogP contribution is 2.34. The van der Waals surface area contributed by atoms with Gasteiger partial charge in [0.2, 0.25) is 5.95 Å². The first kappa shape index (κ1) is 9.44. The Morgan fingerprint density at radius 1 is 1.29 bits per heavy atom.